The van der Waals surface area contributed by atoms with Crippen molar-refractivity contribution >= 4 is 43.6 Å². The summed E-state index contributed by atoms with van der Waals surface area (Å²) in [7, 11) is 0. The summed E-state index contributed by atoms with van der Waals surface area (Å²) >= 11 is 1.35. The SMILES string of the molecule is Cc1cccc2sc(NC(=O)COc3c(-c4ccc(F)cc4)oc4ccccc4c3=O)nc12. The first-order chi connectivity index (χ1) is 16.0. The molecular weight excluding hydrogens is 443 g/mol. The summed E-state index contributed by atoms with van der Waals surface area (Å²) < 4.78 is 25.9. The monoisotopic (exact) mass is 460 g/mol. The molecule has 2 heterocycles. The molecule has 33 heavy (non-hydrogen) atoms. The van der Waals surface area contributed by atoms with E-state index >= 15 is 0 Å². The second-order valence-electron chi connectivity index (χ2n) is 7.37. The van der Waals surface area contributed by atoms with E-state index in [1.54, 1.807) is 24.3 Å². The molecule has 0 bridgehead atoms. The molecule has 0 unspecified atom stereocenters. The third kappa shape index (κ3) is 4.08. The number of fused-ring (bicyclic) bond motifs is 2. The fraction of sp³-hybridized carbons (Fsp3) is 0.0800. The predicted octanol–water partition coefficient (Wildman–Crippen LogP) is 5.53. The Hall–Kier alpha value is -4.04. The van der Waals surface area contributed by atoms with Gasteiger partial charge in [-0.25, -0.2) is 9.37 Å². The zero-order chi connectivity index (χ0) is 22.9. The van der Waals surface area contributed by atoms with E-state index in [1.807, 2.05) is 25.1 Å². The van der Waals surface area contributed by atoms with Crippen molar-refractivity contribution in [2.45, 2.75) is 6.92 Å². The Morgan fingerprint density at radius 2 is 1.88 bits per heavy atom. The second-order valence-corrected chi connectivity index (χ2v) is 8.40. The number of aryl methyl sites for hydroxylation is 1. The van der Waals surface area contributed by atoms with E-state index in [1.165, 1.54) is 35.6 Å². The van der Waals surface area contributed by atoms with Crippen molar-refractivity contribution < 1.29 is 18.3 Å². The van der Waals surface area contributed by atoms with Crippen molar-refractivity contribution in [2.75, 3.05) is 11.9 Å². The van der Waals surface area contributed by atoms with Crippen molar-refractivity contribution in [3.8, 4) is 17.1 Å². The number of anilines is 1. The standard InChI is InChI=1S/C25H17FN2O4S/c1-14-5-4-8-19-21(14)28-25(33-19)27-20(29)13-31-24-22(30)17-6-2-3-7-18(17)32-23(24)15-9-11-16(26)12-10-15/h2-12H,13H2,1H3,(H,27,28,29). The molecule has 0 atom stereocenters. The van der Waals surface area contributed by atoms with Crippen LogP contribution in [0.25, 0.3) is 32.5 Å². The van der Waals surface area contributed by atoms with Crippen LogP contribution in [0.2, 0.25) is 0 Å². The maximum absolute atomic E-state index is 13.4. The maximum atomic E-state index is 13.4. The zero-order valence-corrected chi connectivity index (χ0v) is 18.2. The van der Waals surface area contributed by atoms with Crippen LogP contribution in [0.1, 0.15) is 5.56 Å². The van der Waals surface area contributed by atoms with Gasteiger partial charge in [0.15, 0.2) is 17.5 Å². The average molecular weight is 460 g/mol. The number of carbonyl (C=O) groups excluding carboxylic acids is 1. The number of carbonyl (C=O) groups is 1. The third-order valence-corrected chi connectivity index (χ3v) is 6.01. The molecule has 3 aromatic carbocycles. The van der Waals surface area contributed by atoms with Gasteiger partial charge in [-0.3, -0.25) is 14.9 Å². The van der Waals surface area contributed by atoms with Gasteiger partial charge in [0.1, 0.15) is 11.4 Å². The number of nitrogens with one attached hydrogen (secondary N) is 1. The van der Waals surface area contributed by atoms with Crippen molar-refractivity contribution in [1.29, 1.82) is 0 Å². The van der Waals surface area contributed by atoms with E-state index in [0.29, 0.717) is 21.7 Å². The lowest BCUT2D eigenvalue weighted by Crippen LogP contribution is -2.22. The van der Waals surface area contributed by atoms with Crippen molar-refractivity contribution in [3.63, 3.8) is 0 Å². The van der Waals surface area contributed by atoms with Crippen LogP contribution < -0.4 is 15.5 Å². The summed E-state index contributed by atoms with van der Waals surface area (Å²) in [4.78, 5) is 30.1. The van der Waals surface area contributed by atoms with Crippen LogP contribution in [0.15, 0.2) is 75.9 Å². The first-order valence-corrected chi connectivity index (χ1v) is 10.9. The molecule has 5 rings (SSSR count). The normalized spacial score (nSPS) is 11.1. The van der Waals surface area contributed by atoms with Gasteiger partial charge in [-0.05, 0) is 55.0 Å². The molecule has 0 fully saturated rings. The van der Waals surface area contributed by atoms with E-state index in [9.17, 15) is 14.0 Å². The molecule has 164 valence electrons. The smallest absolute Gasteiger partial charge is 0.264 e. The van der Waals surface area contributed by atoms with Gasteiger partial charge >= 0.3 is 0 Å². The number of rotatable bonds is 5. The number of halogens is 1. The first kappa shape index (κ1) is 20.8. The summed E-state index contributed by atoms with van der Waals surface area (Å²) in [5.41, 5.74) is 2.24. The molecule has 1 amide bonds. The first-order valence-electron chi connectivity index (χ1n) is 10.1. The van der Waals surface area contributed by atoms with Crippen LogP contribution in [0.3, 0.4) is 0 Å². The quantitative estimate of drug-likeness (QED) is 0.373. The van der Waals surface area contributed by atoms with Gasteiger partial charge in [0.2, 0.25) is 11.2 Å². The zero-order valence-electron chi connectivity index (χ0n) is 17.4. The summed E-state index contributed by atoms with van der Waals surface area (Å²) in [6, 6.07) is 18.0. The van der Waals surface area contributed by atoms with Crippen molar-refractivity contribution in [1.82, 2.24) is 4.98 Å². The number of hydrogen-bond donors (Lipinski definition) is 1. The molecule has 1 N–H and O–H groups in total. The van der Waals surface area contributed by atoms with E-state index in [4.69, 9.17) is 9.15 Å². The van der Waals surface area contributed by atoms with Crippen molar-refractivity contribution in [3.05, 3.63) is 88.3 Å². The average Bonchev–Trinajstić information content (AvgIpc) is 3.23. The number of amides is 1. The summed E-state index contributed by atoms with van der Waals surface area (Å²) in [5, 5.41) is 3.48. The lowest BCUT2D eigenvalue weighted by molar-refractivity contribution is -0.118. The minimum atomic E-state index is -0.468. The molecule has 2 aromatic heterocycles. The molecule has 0 aliphatic carbocycles. The van der Waals surface area contributed by atoms with Crippen LogP contribution in [0.4, 0.5) is 9.52 Å². The van der Waals surface area contributed by atoms with Gasteiger partial charge in [-0.15, -0.1) is 0 Å². The Kier molecular flexibility index (Phi) is 5.35. The molecule has 0 saturated heterocycles. The summed E-state index contributed by atoms with van der Waals surface area (Å²) in [5.74, 6) is -0.878. The van der Waals surface area contributed by atoms with Gasteiger partial charge in [0.05, 0.1) is 15.6 Å². The minimum absolute atomic E-state index is 0.115. The number of aromatic nitrogens is 1. The molecule has 5 aromatic rings. The predicted molar refractivity (Wildman–Crippen MR) is 126 cm³/mol. The highest BCUT2D eigenvalue weighted by Crippen LogP contribution is 2.31. The molecular formula is C25H17FN2O4S. The Bertz CT molecular complexity index is 1560. The Morgan fingerprint density at radius 3 is 2.67 bits per heavy atom. The molecule has 0 spiro atoms. The largest absolute Gasteiger partial charge is 0.476 e. The van der Waals surface area contributed by atoms with Gasteiger partial charge in [-0.2, -0.15) is 0 Å². The van der Waals surface area contributed by atoms with Gasteiger partial charge in [0.25, 0.3) is 5.91 Å². The number of benzene rings is 3. The number of nitrogens with zero attached hydrogens (tertiary/aromatic N) is 1. The molecule has 8 heteroatoms. The topological polar surface area (TPSA) is 81.4 Å². The van der Waals surface area contributed by atoms with E-state index in [2.05, 4.69) is 10.3 Å². The van der Waals surface area contributed by atoms with E-state index < -0.39 is 23.8 Å². The van der Waals surface area contributed by atoms with Crippen LogP contribution in [-0.2, 0) is 4.79 Å². The van der Waals surface area contributed by atoms with E-state index in [0.717, 1.165) is 15.8 Å². The third-order valence-electron chi connectivity index (χ3n) is 5.08. The van der Waals surface area contributed by atoms with Gasteiger partial charge < -0.3 is 9.15 Å². The molecule has 0 saturated carbocycles. The fourth-order valence-electron chi connectivity index (χ4n) is 3.48. The van der Waals surface area contributed by atoms with Crippen molar-refractivity contribution in [2.24, 2.45) is 0 Å². The van der Waals surface area contributed by atoms with Crippen LogP contribution in [0.5, 0.6) is 5.75 Å². The lowest BCUT2D eigenvalue weighted by Gasteiger charge is -2.11. The highest BCUT2D eigenvalue weighted by molar-refractivity contribution is 7.22. The van der Waals surface area contributed by atoms with Crippen LogP contribution >= 0.6 is 11.3 Å². The second kappa shape index (κ2) is 8.48. The molecule has 0 aliphatic rings. The number of thiazole rings is 1. The number of hydrogen-bond acceptors (Lipinski definition) is 6. The fourth-order valence-corrected chi connectivity index (χ4v) is 4.44. The van der Waals surface area contributed by atoms with E-state index in [-0.39, 0.29) is 11.5 Å². The lowest BCUT2D eigenvalue weighted by atomic mass is 10.1. The number of ether oxygens (including phenoxy) is 1. The highest BCUT2D eigenvalue weighted by Gasteiger charge is 2.19. The Labute approximate surface area is 191 Å². The minimum Gasteiger partial charge on any atom is -0.476 e. The number of para-hydroxylation sites is 2. The molecule has 6 nitrogen and oxygen atoms in total. The van der Waals surface area contributed by atoms with Gasteiger partial charge in [-0.1, -0.05) is 35.6 Å². The highest BCUT2D eigenvalue weighted by atomic mass is 32.1. The summed E-state index contributed by atoms with van der Waals surface area (Å²) in [6.45, 7) is 1.53. The van der Waals surface area contributed by atoms with Gasteiger partial charge in [0, 0.05) is 5.56 Å². The Morgan fingerprint density at radius 1 is 1.09 bits per heavy atom. The maximum Gasteiger partial charge on any atom is 0.264 e. The van der Waals surface area contributed by atoms with Crippen LogP contribution in [0, 0.1) is 12.7 Å². The molecule has 0 radical (unpaired) electrons. The summed E-state index contributed by atoms with van der Waals surface area (Å²) in [6.07, 6.45) is 0. The molecule has 0 aliphatic heterocycles. The Balaban J connectivity index is 1.44. The van der Waals surface area contributed by atoms with Crippen LogP contribution in [-0.4, -0.2) is 17.5 Å².